The van der Waals surface area contributed by atoms with Crippen LogP contribution in [-0.2, 0) is 14.3 Å². The Morgan fingerprint density at radius 1 is 1.00 bits per heavy atom. The number of hydrogen-bond acceptors (Lipinski definition) is 5. The van der Waals surface area contributed by atoms with Crippen LogP contribution in [0.4, 0.5) is 0 Å². The molecule has 6 heteroatoms. The molecule has 1 fully saturated rings. The lowest BCUT2D eigenvalue weighted by Crippen LogP contribution is -2.33. The molecule has 6 nitrogen and oxygen atoms in total. The van der Waals surface area contributed by atoms with Crippen molar-refractivity contribution in [3.05, 3.63) is 0 Å². The summed E-state index contributed by atoms with van der Waals surface area (Å²) in [5.41, 5.74) is 0. The molecule has 0 radical (unpaired) electrons. The molecule has 0 aliphatic heterocycles. The number of carboxylic acids is 1. The summed E-state index contributed by atoms with van der Waals surface area (Å²) in [7, 11) is 0. The first kappa shape index (κ1) is 20.9. The summed E-state index contributed by atoms with van der Waals surface area (Å²) < 4.78 is 5.21. The van der Waals surface area contributed by atoms with Gasteiger partial charge in [-0.3, -0.25) is 9.59 Å². The number of aliphatic hydroxyl groups excluding tert-OH is 2. The highest BCUT2D eigenvalue weighted by molar-refractivity contribution is 5.81. The van der Waals surface area contributed by atoms with Gasteiger partial charge >= 0.3 is 11.9 Å². The number of hydrogen-bond donors (Lipinski definition) is 3. The van der Waals surface area contributed by atoms with Gasteiger partial charge in [0.25, 0.3) is 0 Å². The van der Waals surface area contributed by atoms with Crippen molar-refractivity contribution < 1.29 is 29.6 Å². The van der Waals surface area contributed by atoms with Crippen LogP contribution in [0.5, 0.6) is 0 Å². The van der Waals surface area contributed by atoms with Gasteiger partial charge < -0.3 is 20.1 Å². The molecule has 0 saturated heterocycles. The lowest BCUT2D eigenvalue weighted by atomic mass is 9.79. The molecule has 2 atom stereocenters. The molecule has 0 bridgehead atoms. The van der Waals surface area contributed by atoms with Crippen LogP contribution in [0.2, 0.25) is 0 Å². The lowest BCUT2D eigenvalue weighted by molar-refractivity contribution is -0.159. The summed E-state index contributed by atoms with van der Waals surface area (Å²) in [6.07, 6.45) is 7.34. The van der Waals surface area contributed by atoms with E-state index >= 15 is 0 Å². The van der Waals surface area contributed by atoms with Gasteiger partial charge in [-0.15, -0.1) is 0 Å². The van der Waals surface area contributed by atoms with E-state index in [0.29, 0.717) is 19.4 Å². The van der Waals surface area contributed by atoms with Crippen LogP contribution >= 0.6 is 0 Å². The van der Waals surface area contributed by atoms with Crippen molar-refractivity contribution in [1.82, 2.24) is 0 Å². The Kier molecular flexibility index (Phi) is 12.8. The third-order valence-corrected chi connectivity index (χ3v) is 3.73. The monoisotopic (exact) mass is 318 g/mol. The number of esters is 1. The third kappa shape index (κ3) is 9.00. The molecule has 3 N–H and O–H groups in total. The van der Waals surface area contributed by atoms with Crippen molar-refractivity contribution >= 4 is 11.9 Å². The highest BCUT2D eigenvalue weighted by Crippen LogP contribution is 2.31. The summed E-state index contributed by atoms with van der Waals surface area (Å²) in [5, 5.41) is 24.3. The van der Waals surface area contributed by atoms with Crippen molar-refractivity contribution in [3.8, 4) is 0 Å². The van der Waals surface area contributed by atoms with Crippen molar-refractivity contribution in [2.24, 2.45) is 11.8 Å². The molecule has 1 saturated carbocycles. The number of unbranched alkanes of at least 4 members (excludes halogenated alkanes) is 3. The number of aliphatic carboxylic acids is 1. The van der Waals surface area contributed by atoms with Crippen LogP contribution in [0.25, 0.3) is 0 Å². The van der Waals surface area contributed by atoms with E-state index in [1.165, 1.54) is 0 Å². The topological polar surface area (TPSA) is 104 Å². The summed E-state index contributed by atoms with van der Waals surface area (Å²) in [6, 6.07) is 0. The zero-order valence-corrected chi connectivity index (χ0v) is 13.5. The van der Waals surface area contributed by atoms with E-state index in [2.05, 4.69) is 6.92 Å². The number of carboxylic acid groups (broad SMARTS) is 1. The lowest BCUT2D eigenvalue weighted by Gasteiger charge is -2.26. The highest BCUT2D eigenvalue weighted by atomic mass is 16.5. The van der Waals surface area contributed by atoms with Gasteiger partial charge in [0, 0.05) is 0 Å². The number of carbonyl (C=O) groups is 2. The average Bonchev–Trinajstić information content (AvgIpc) is 2.54. The van der Waals surface area contributed by atoms with E-state index in [4.69, 9.17) is 20.1 Å². The Labute approximate surface area is 132 Å². The van der Waals surface area contributed by atoms with Crippen LogP contribution in [0.3, 0.4) is 0 Å². The summed E-state index contributed by atoms with van der Waals surface area (Å²) in [6.45, 7) is 2.31. The van der Waals surface area contributed by atoms with E-state index in [-0.39, 0.29) is 19.2 Å². The molecule has 1 rings (SSSR count). The Hall–Kier alpha value is -1.14. The van der Waals surface area contributed by atoms with Gasteiger partial charge in [0.2, 0.25) is 0 Å². The third-order valence-electron chi connectivity index (χ3n) is 3.73. The average molecular weight is 318 g/mol. The second-order valence-electron chi connectivity index (χ2n) is 5.51. The highest BCUT2D eigenvalue weighted by Gasteiger charge is 2.36. The Balaban J connectivity index is 0.000000980. The summed E-state index contributed by atoms with van der Waals surface area (Å²) in [4.78, 5) is 22.9. The molecular weight excluding hydrogens is 288 g/mol. The predicted molar refractivity (Wildman–Crippen MR) is 82.4 cm³/mol. The number of rotatable bonds is 8. The molecule has 1 aliphatic rings. The fourth-order valence-electron chi connectivity index (χ4n) is 2.52. The van der Waals surface area contributed by atoms with Crippen molar-refractivity contribution in [1.29, 1.82) is 0 Å². The number of aliphatic hydroxyl groups is 2. The van der Waals surface area contributed by atoms with Crippen molar-refractivity contribution in [2.45, 2.75) is 58.3 Å². The van der Waals surface area contributed by atoms with E-state index in [0.717, 1.165) is 38.5 Å². The number of carbonyl (C=O) groups excluding carboxylic acids is 1. The van der Waals surface area contributed by atoms with Gasteiger partial charge in [0.15, 0.2) is 0 Å². The Morgan fingerprint density at radius 2 is 1.59 bits per heavy atom. The minimum absolute atomic E-state index is 0.125. The molecule has 1 aliphatic carbocycles. The predicted octanol–water partition coefficient (Wildman–Crippen LogP) is 1.97. The maximum Gasteiger partial charge on any atom is 0.309 e. The fraction of sp³-hybridized carbons (Fsp3) is 0.875. The van der Waals surface area contributed by atoms with Crippen LogP contribution < -0.4 is 0 Å². The maximum atomic E-state index is 11.9. The van der Waals surface area contributed by atoms with Gasteiger partial charge in [-0.05, 0) is 19.3 Å². The van der Waals surface area contributed by atoms with Gasteiger partial charge in [-0.2, -0.15) is 0 Å². The molecule has 0 heterocycles. The fourth-order valence-corrected chi connectivity index (χ4v) is 2.52. The van der Waals surface area contributed by atoms with Crippen LogP contribution in [0.15, 0.2) is 0 Å². The molecule has 0 aromatic rings. The zero-order chi connectivity index (χ0) is 16.8. The molecule has 22 heavy (non-hydrogen) atoms. The molecular formula is C16H30O6. The molecule has 130 valence electrons. The normalized spacial score (nSPS) is 20.7. The number of ether oxygens (including phenoxy) is 1. The van der Waals surface area contributed by atoms with Crippen LogP contribution in [0, 0.1) is 11.8 Å². The Bertz CT molecular complexity index is 303. The SMILES string of the molecule is CCCCCCOC(=O)C1CCCCC1C(=O)O.OCCO. The molecule has 0 spiro atoms. The van der Waals surface area contributed by atoms with Gasteiger partial charge in [0.05, 0.1) is 31.7 Å². The van der Waals surface area contributed by atoms with E-state index in [1.807, 2.05) is 0 Å². The maximum absolute atomic E-state index is 11.9. The van der Waals surface area contributed by atoms with Gasteiger partial charge in [0.1, 0.15) is 0 Å². The molecule has 0 aromatic carbocycles. The largest absolute Gasteiger partial charge is 0.481 e. The molecule has 0 aromatic heterocycles. The first-order valence-corrected chi connectivity index (χ1v) is 8.19. The summed E-state index contributed by atoms with van der Waals surface area (Å²) >= 11 is 0. The van der Waals surface area contributed by atoms with Gasteiger partial charge in [-0.1, -0.05) is 39.0 Å². The standard InChI is InChI=1S/C14H24O4.C2H6O2/c1-2-3-4-7-10-18-14(17)12-9-6-5-8-11(12)13(15)16;3-1-2-4/h11-12H,2-10H2,1H3,(H,15,16);3-4H,1-2H2. The first-order valence-electron chi connectivity index (χ1n) is 8.19. The molecule has 2 unspecified atom stereocenters. The Morgan fingerprint density at radius 3 is 2.09 bits per heavy atom. The minimum atomic E-state index is -0.859. The van der Waals surface area contributed by atoms with Crippen LogP contribution in [-0.4, -0.2) is 47.1 Å². The zero-order valence-electron chi connectivity index (χ0n) is 13.5. The van der Waals surface area contributed by atoms with Crippen molar-refractivity contribution in [3.63, 3.8) is 0 Å². The second-order valence-corrected chi connectivity index (χ2v) is 5.51. The molecule has 0 amide bonds. The first-order chi connectivity index (χ1) is 10.6. The van der Waals surface area contributed by atoms with E-state index in [1.54, 1.807) is 0 Å². The smallest absolute Gasteiger partial charge is 0.309 e. The van der Waals surface area contributed by atoms with E-state index in [9.17, 15) is 9.59 Å². The summed E-state index contributed by atoms with van der Waals surface area (Å²) in [5.74, 6) is -2.13. The van der Waals surface area contributed by atoms with Crippen molar-refractivity contribution in [2.75, 3.05) is 19.8 Å². The van der Waals surface area contributed by atoms with Gasteiger partial charge in [-0.25, -0.2) is 0 Å². The second kappa shape index (κ2) is 13.5. The quantitative estimate of drug-likeness (QED) is 0.467. The van der Waals surface area contributed by atoms with E-state index < -0.39 is 17.8 Å². The van der Waals surface area contributed by atoms with Crippen LogP contribution in [0.1, 0.15) is 58.3 Å². The minimum Gasteiger partial charge on any atom is -0.481 e.